The first-order valence-corrected chi connectivity index (χ1v) is 6.19. The van der Waals surface area contributed by atoms with Crippen molar-refractivity contribution in [2.45, 2.75) is 32.2 Å². The first-order valence-electron chi connectivity index (χ1n) is 6.19. The SMILES string of the molecule is CCc1nn(C)cc1N1CCC(NC)CC1. The van der Waals surface area contributed by atoms with Crippen LogP contribution in [0.4, 0.5) is 5.69 Å². The highest BCUT2D eigenvalue weighted by atomic mass is 15.3. The Kier molecular flexibility index (Phi) is 3.49. The maximum Gasteiger partial charge on any atom is 0.0855 e. The number of nitrogens with one attached hydrogen (secondary N) is 1. The molecule has 0 saturated carbocycles. The van der Waals surface area contributed by atoms with Gasteiger partial charge >= 0.3 is 0 Å². The fourth-order valence-corrected chi connectivity index (χ4v) is 2.45. The van der Waals surface area contributed by atoms with E-state index in [4.69, 9.17) is 0 Å². The molecule has 0 bridgehead atoms. The van der Waals surface area contributed by atoms with Gasteiger partial charge in [-0.3, -0.25) is 4.68 Å². The molecule has 0 radical (unpaired) electrons. The Hall–Kier alpha value is -1.03. The Labute approximate surface area is 97.6 Å². The third-order valence-corrected chi connectivity index (χ3v) is 3.46. The molecule has 1 aromatic heterocycles. The minimum absolute atomic E-state index is 0.693. The highest BCUT2D eigenvalue weighted by Crippen LogP contribution is 2.23. The summed E-state index contributed by atoms with van der Waals surface area (Å²) in [6, 6.07) is 0.693. The lowest BCUT2D eigenvalue weighted by Crippen LogP contribution is -2.41. The molecule has 4 nitrogen and oxygen atoms in total. The van der Waals surface area contributed by atoms with Gasteiger partial charge in [0, 0.05) is 32.4 Å². The van der Waals surface area contributed by atoms with Crippen LogP contribution < -0.4 is 10.2 Å². The van der Waals surface area contributed by atoms with Gasteiger partial charge in [0.05, 0.1) is 11.4 Å². The standard InChI is InChI=1S/C12H22N4/c1-4-11-12(9-15(3)14-11)16-7-5-10(13-2)6-8-16/h9-10,13H,4-8H2,1-3H3. The molecule has 90 valence electrons. The Morgan fingerprint density at radius 2 is 2.12 bits per heavy atom. The van der Waals surface area contributed by atoms with Crippen molar-refractivity contribution in [3.63, 3.8) is 0 Å². The molecule has 2 heterocycles. The van der Waals surface area contributed by atoms with Gasteiger partial charge in [0.2, 0.25) is 0 Å². The van der Waals surface area contributed by atoms with Crippen LogP contribution >= 0.6 is 0 Å². The highest BCUT2D eigenvalue weighted by molar-refractivity contribution is 5.49. The van der Waals surface area contributed by atoms with Gasteiger partial charge in [-0.15, -0.1) is 0 Å². The van der Waals surface area contributed by atoms with Gasteiger partial charge in [-0.2, -0.15) is 5.10 Å². The molecule has 0 aromatic carbocycles. The molecule has 0 aliphatic carbocycles. The van der Waals surface area contributed by atoms with Crippen LogP contribution in [0.5, 0.6) is 0 Å². The van der Waals surface area contributed by atoms with E-state index in [1.165, 1.54) is 24.2 Å². The molecular weight excluding hydrogens is 200 g/mol. The lowest BCUT2D eigenvalue weighted by Gasteiger charge is -2.33. The van der Waals surface area contributed by atoms with E-state index in [0.29, 0.717) is 6.04 Å². The Balaban J connectivity index is 2.07. The highest BCUT2D eigenvalue weighted by Gasteiger charge is 2.20. The first kappa shape index (κ1) is 11.5. The van der Waals surface area contributed by atoms with Crippen molar-refractivity contribution in [2.24, 2.45) is 7.05 Å². The summed E-state index contributed by atoms with van der Waals surface area (Å²) in [6.45, 7) is 4.46. The average Bonchev–Trinajstić information content (AvgIpc) is 2.70. The van der Waals surface area contributed by atoms with Crippen LogP contribution in [0.2, 0.25) is 0 Å². The number of hydrogen-bond donors (Lipinski definition) is 1. The summed E-state index contributed by atoms with van der Waals surface area (Å²) in [5.41, 5.74) is 2.56. The zero-order chi connectivity index (χ0) is 11.5. The summed E-state index contributed by atoms with van der Waals surface area (Å²) in [5.74, 6) is 0. The molecule has 1 fully saturated rings. The van der Waals surface area contributed by atoms with E-state index in [1.54, 1.807) is 0 Å². The van der Waals surface area contributed by atoms with Crippen molar-refractivity contribution in [2.75, 3.05) is 25.0 Å². The summed E-state index contributed by atoms with van der Waals surface area (Å²) in [7, 11) is 4.06. The van der Waals surface area contributed by atoms with Crippen LogP contribution in [-0.2, 0) is 13.5 Å². The van der Waals surface area contributed by atoms with E-state index in [9.17, 15) is 0 Å². The molecule has 2 rings (SSSR count). The van der Waals surface area contributed by atoms with Crippen LogP contribution in [0.15, 0.2) is 6.20 Å². The van der Waals surface area contributed by atoms with Gasteiger partial charge in [0.15, 0.2) is 0 Å². The summed E-state index contributed by atoms with van der Waals surface area (Å²) in [5, 5.41) is 7.87. The molecule has 1 aliphatic heterocycles. The van der Waals surface area contributed by atoms with Crippen molar-refractivity contribution in [3.8, 4) is 0 Å². The fourth-order valence-electron chi connectivity index (χ4n) is 2.45. The quantitative estimate of drug-likeness (QED) is 0.833. The summed E-state index contributed by atoms with van der Waals surface area (Å²) in [4.78, 5) is 2.47. The van der Waals surface area contributed by atoms with Crippen molar-refractivity contribution in [1.29, 1.82) is 0 Å². The van der Waals surface area contributed by atoms with Gasteiger partial charge in [-0.25, -0.2) is 0 Å². The first-order chi connectivity index (χ1) is 7.74. The molecule has 16 heavy (non-hydrogen) atoms. The van der Waals surface area contributed by atoms with Crippen LogP contribution in [0.3, 0.4) is 0 Å². The summed E-state index contributed by atoms with van der Waals surface area (Å²) in [6.07, 6.45) is 5.63. The van der Waals surface area contributed by atoms with Crippen LogP contribution in [0.1, 0.15) is 25.5 Å². The molecule has 1 saturated heterocycles. The molecule has 0 amide bonds. The van der Waals surface area contributed by atoms with Gasteiger partial charge in [-0.1, -0.05) is 6.92 Å². The second-order valence-corrected chi connectivity index (χ2v) is 4.54. The normalized spacial score (nSPS) is 18.1. The zero-order valence-corrected chi connectivity index (χ0v) is 10.5. The van der Waals surface area contributed by atoms with E-state index in [-0.39, 0.29) is 0 Å². The molecule has 0 spiro atoms. The second-order valence-electron chi connectivity index (χ2n) is 4.54. The van der Waals surface area contributed by atoms with E-state index in [1.807, 2.05) is 11.7 Å². The molecular formula is C12H22N4. The maximum atomic E-state index is 4.50. The number of aromatic nitrogens is 2. The predicted octanol–water partition coefficient (Wildman–Crippen LogP) is 1.17. The Morgan fingerprint density at radius 3 is 2.69 bits per heavy atom. The topological polar surface area (TPSA) is 33.1 Å². The number of piperidine rings is 1. The minimum atomic E-state index is 0.693. The summed E-state index contributed by atoms with van der Waals surface area (Å²) >= 11 is 0. The van der Waals surface area contributed by atoms with Crippen LogP contribution in [-0.4, -0.2) is 36.0 Å². The van der Waals surface area contributed by atoms with E-state index < -0.39 is 0 Å². The number of nitrogens with zero attached hydrogens (tertiary/aromatic N) is 3. The molecule has 4 heteroatoms. The van der Waals surface area contributed by atoms with Gasteiger partial charge < -0.3 is 10.2 Å². The fraction of sp³-hybridized carbons (Fsp3) is 0.750. The lowest BCUT2D eigenvalue weighted by molar-refractivity contribution is 0.442. The van der Waals surface area contributed by atoms with Gasteiger partial charge in [0.25, 0.3) is 0 Å². The molecule has 1 aliphatic rings. The zero-order valence-electron chi connectivity index (χ0n) is 10.5. The monoisotopic (exact) mass is 222 g/mol. The lowest BCUT2D eigenvalue weighted by atomic mass is 10.0. The van der Waals surface area contributed by atoms with Crippen molar-refractivity contribution in [3.05, 3.63) is 11.9 Å². The minimum Gasteiger partial charge on any atom is -0.369 e. The molecule has 1 aromatic rings. The second kappa shape index (κ2) is 4.87. The smallest absolute Gasteiger partial charge is 0.0855 e. The predicted molar refractivity (Wildman–Crippen MR) is 66.9 cm³/mol. The Morgan fingerprint density at radius 1 is 1.44 bits per heavy atom. The van der Waals surface area contributed by atoms with E-state index >= 15 is 0 Å². The average molecular weight is 222 g/mol. The van der Waals surface area contributed by atoms with Crippen molar-refractivity contribution < 1.29 is 0 Å². The Bertz CT molecular complexity index is 337. The van der Waals surface area contributed by atoms with Crippen LogP contribution in [0.25, 0.3) is 0 Å². The van der Waals surface area contributed by atoms with Crippen LogP contribution in [0, 0.1) is 0 Å². The van der Waals surface area contributed by atoms with Gasteiger partial charge in [-0.05, 0) is 26.3 Å². The molecule has 1 N–H and O–H groups in total. The summed E-state index contributed by atoms with van der Waals surface area (Å²) < 4.78 is 1.93. The number of rotatable bonds is 3. The third kappa shape index (κ3) is 2.21. The number of aryl methyl sites for hydroxylation is 2. The largest absolute Gasteiger partial charge is 0.369 e. The number of anilines is 1. The molecule has 0 atom stereocenters. The molecule has 0 unspecified atom stereocenters. The third-order valence-electron chi connectivity index (χ3n) is 3.46. The maximum absolute atomic E-state index is 4.50. The van der Waals surface area contributed by atoms with Gasteiger partial charge in [0.1, 0.15) is 0 Å². The van der Waals surface area contributed by atoms with E-state index in [0.717, 1.165) is 19.5 Å². The van der Waals surface area contributed by atoms with Crippen molar-refractivity contribution in [1.82, 2.24) is 15.1 Å². The van der Waals surface area contributed by atoms with Crippen molar-refractivity contribution >= 4 is 5.69 Å². The number of hydrogen-bond acceptors (Lipinski definition) is 3. The van der Waals surface area contributed by atoms with E-state index in [2.05, 4.69) is 35.5 Å².